The lowest BCUT2D eigenvalue weighted by Crippen LogP contribution is -2.17. The number of aromatic hydroxyl groups is 1. The molecule has 3 aromatic rings. The number of hydrogen-bond donors (Lipinski definition) is 2. The van der Waals surface area contributed by atoms with Gasteiger partial charge in [-0.2, -0.15) is 5.10 Å². The Hall–Kier alpha value is -3.19. The van der Waals surface area contributed by atoms with Gasteiger partial charge >= 0.3 is 0 Å². The highest BCUT2D eigenvalue weighted by Crippen LogP contribution is 2.23. The number of benzene rings is 3. The lowest BCUT2D eigenvalue weighted by molar-refractivity contribution is 0.0952. The Balaban J connectivity index is 1.69. The third-order valence-corrected chi connectivity index (χ3v) is 4.29. The van der Waals surface area contributed by atoms with E-state index in [0.29, 0.717) is 11.3 Å². The number of phenolic OH excluding ortho intramolecular Hbond substituents is 1. The summed E-state index contributed by atoms with van der Waals surface area (Å²) in [6.07, 6.45) is 1.45. The van der Waals surface area contributed by atoms with Crippen LogP contribution in [-0.2, 0) is 6.61 Å². The molecule has 0 saturated carbocycles. The maximum Gasteiger partial charge on any atom is 0.275 e. The molecular weight excluding hydrogens is 427 g/mol. The minimum atomic E-state index is -0.530. The maximum absolute atomic E-state index is 13.0. The second-order valence-electron chi connectivity index (χ2n) is 5.81. The van der Waals surface area contributed by atoms with Gasteiger partial charge in [0.25, 0.3) is 5.91 Å². The number of amides is 1. The van der Waals surface area contributed by atoms with Crippen molar-refractivity contribution in [3.8, 4) is 11.5 Å². The van der Waals surface area contributed by atoms with Crippen LogP contribution in [0.2, 0.25) is 0 Å². The molecule has 0 aliphatic rings. The number of para-hydroxylation sites is 1. The molecule has 1 amide bonds. The molecule has 0 unspecified atom stereocenters. The molecule has 0 aliphatic heterocycles. The molecule has 0 aliphatic carbocycles. The van der Waals surface area contributed by atoms with Crippen LogP contribution in [0.25, 0.3) is 0 Å². The zero-order valence-corrected chi connectivity index (χ0v) is 16.2. The standard InChI is InChI=1S/C21H16BrFN2O3/c22-16-7-10-20(28-13-14-5-8-17(23)9-6-14)15(11-16)12-24-25-21(27)18-3-1-2-4-19(18)26/h1-12,26H,13H2,(H,25,27)/b24-12-. The first kappa shape index (κ1) is 19.6. The van der Waals surface area contributed by atoms with Crippen molar-refractivity contribution in [2.75, 3.05) is 0 Å². The number of carbonyl (C=O) groups excluding carboxylic acids is 1. The van der Waals surface area contributed by atoms with Crippen molar-refractivity contribution < 1.29 is 19.0 Å². The molecule has 0 saturated heterocycles. The van der Waals surface area contributed by atoms with Crippen molar-refractivity contribution >= 4 is 28.1 Å². The smallest absolute Gasteiger partial charge is 0.275 e. The first-order valence-corrected chi connectivity index (χ1v) is 9.10. The number of rotatable bonds is 6. The lowest BCUT2D eigenvalue weighted by atomic mass is 10.2. The zero-order valence-electron chi connectivity index (χ0n) is 14.6. The van der Waals surface area contributed by atoms with Crippen LogP contribution in [0, 0.1) is 5.82 Å². The fourth-order valence-corrected chi connectivity index (χ4v) is 2.76. The molecule has 7 heteroatoms. The maximum atomic E-state index is 13.0. The molecular formula is C21H16BrFN2O3. The van der Waals surface area contributed by atoms with E-state index in [0.717, 1.165) is 10.0 Å². The fourth-order valence-electron chi connectivity index (χ4n) is 2.38. The number of hydrazone groups is 1. The third-order valence-electron chi connectivity index (χ3n) is 3.80. The van der Waals surface area contributed by atoms with Gasteiger partial charge in [-0.3, -0.25) is 4.79 Å². The summed E-state index contributed by atoms with van der Waals surface area (Å²) < 4.78 is 19.6. The highest BCUT2D eigenvalue weighted by atomic mass is 79.9. The van der Waals surface area contributed by atoms with Crippen molar-refractivity contribution in [2.24, 2.45) is 5.10 Å². The van der Waals surface area contributed by atoms with E-state index >= 15 is 0 Å². The molecule has 0 aromatic heterocycles. The monoisotopic (exact) mass is 442 g/mol. The van der Waals surface area contributed by atoms with Crippen LogP contribution in [-0.4, -0.2) is 17.2 Å². The average molecular weight is 443 g/mol. The molecule has 0 heterocycles. The van der Waals surface area contributed by atoms with E-state index in [2.05, 4.69) is 26.5 Å². The van der Waals surface area contributed by atoms with Gasteiger partial charge in [0, 0.05) is 10.0 Å². The summed E-state index contributed by atoms with van der Waals surface area (Å²) in [7, 11) is 0. The molecule has 2 N–H and O–H groups in total. The number of nitrogens with zero attached hydrogens (tertiary/aromatic N) is 1. The Morgan fingerprint density at radius 1 is 1.14 bits per heavy atom. The molecule has 3 rings (SSSR count). The molecule has 0 fully saturated rings. The Morgan fingerprint density at radius 2 is 1.89 bits per heavy atom. The van der Waals surface area contributed by atoms with Crippen molar-refractivity contribution in [2.45, 2.75) is 6.61 Å². The van der Waals surface area contributed by atoms with Crippen molar-refractivity contribution in [3.63, 3.8) is 0 Å². The van der Waals surface area contributed by atoms with Crippen LogP contribution < -0.4 is 10.2 Å². The SMILES string of the molecule is O=C(N/N=C\c1cc(Br)ccc1OCc1ccc(F)cc1)c1ccccc1O. The number of carbonyl (C=O) groups is 1. The Labute approximate surface area is 169 Å². The Morgan fingerprint density at radius 3 is 2.64 bits per heavy atom. The Kier molecular flexibility index (Phi) is 6.39. The molecule has 5 nitrogen and oxygen atoms in total. The van der Waals surface area contributed by atoms with Gasteiger partial charge < -0.3 is 9.84 Å². The minimum absolute atomic E-state index is 0.124. The second-order valence-corrected chi connectivity index (χ2v) is 6.73. The molecule has 142 valence electrons. The highest BCUT2D eigenvalue weighted by molar-refractivity contribution is 9.10. The quantitative estimate of drug-likeness (QED) is 0.431. The highest BCUT2D eigenvalue weighted by Gasteiger charge is 2.09. The van der Waals surface area contributed by atoms with E-state index in [4.69, 9.17) is 4.74 Å². The number of nitrogens with one attached hydrogen (secondary N) is 1. The molecule has 0 bridgehead atoms. The van der Waals surface area contributed by atoms with Gasteiger partial charge in [-0.25, -0.2) is 9.82 Å². The molecule has 3 aromatic carbocycles. The van der Waals surface area contributed by atoms with E-state index in [1.54, 1.807) is 36.4 Å². The van der Waals surface area contributed by atoms with E-state index in [1.165, 1.54) is 30.5 Å². The van der Waals surface area contributed by atoms with Crippen molar-refractivity contribution in [3.05, 3.63) is 93.7 Å². The predicted molar refractivity (Wildman–Crippen MR) is 108 cm³/mol. The van der Waals surface area contributed by atoms with E-state index in [9.17, 15) is 14.3 Å². The molecule has 0 spiro atoms. The largest absolute Gasteiger partial charge is 0.507 e. The predicted octanol–water partition coefficient (Wildman–Crippen LogP) is 4.64. The van der Waals surface area contributed by atoms with Gasteiger partial charge in [0.15, 0.2) is 0 Å². The first-order chi connectivity index (χ1) is 13.5. The van der Waals surface area contributed by atoms with Crippen LogP contribution in [0.3, 0.4) is 0 Å². The molecule has 0 radical (unpaired) electrons. The van der Waals surface area contributed by atoms with Crippen LogP contribution in [0.5, 0.6) is 11.5 Å². The van der Waals surface area contributed by atoms with Crippen LogP contribution in [0.4, 0.5) is 4.39 Å². The van der Waals surface area contributed by atoms with E-state index in [1.807, 2.05) is 6.07 Å². The van der Waals surface area contributed by atoms with Gasteiger partial charge in [-0.15, -0.1) is 0 Å². The Bertz CT molecular complexity index is 1010. The average Bonchev–Trinajstić information content (AvgIpc) is 2.69. The summed E-state index contributed by atoms with van der Waals surface area (Å²) in [5, 5.41) is 13.7. The number of ether oxygens (including phenoxy) is 1. The summed E-state index contributed by atoms with van der Waals surface area (Å²) in [5.41, 5.74) is 3.95. The van der Waals surface area contributed by atoms with Crippen molar-refractivity contribution in [1.82, 2.24) is 5.43 Å². The summed E-state index contributed by atoms with van der Waals surface area (Å²) in [5.74, 6) is -0.410. The number of hydrogen-bond acceptors (Lipinski definition) is 4. The lowest BCUT2D eigenvalue weighted by Gasteiger charge is -2.10. The van der Waals surface area contributed by atoms with Crippen LogP contribution in [0.1, 0.15) is 21.5 Å². The van der Waals surface area contributed by atoms with Crippen LogP contribution in [0.15, 0.2) is 76.3 Å². The minimum Gasteiger partial charge on any atom is -0.507 e. The number of phenols is 1. The van der Waals surface area contributed by atoms with E-state index in [-0.39, 0.29) is 23.7 Å². The normalized spacial score (nSPS) is 10.8. The fraction of sp³-hybridized carbons (Fsp3) is 0.0476. The third kappa shape index (κ3) is 5.17. The molecule has 28 heavy (non-hydrogen) atoms. The van der Waals surface area contributed by atoms with Gasteiger partial charge in [-0.1, -0.05) is 40.2 Å². The first-order valence-electron chi connectivity index (χ1n) is 8.31. The van der Waals surface area contributed by atoms with Gasteiger partial charge in [0.1, 0.15) is 23.9 Å². The summed E-state index contributed by atoms with van der Waals surface area (Å²) in [6.45, 7) is 0.257. The summed E-state index contributed by atoms with van der Waals surface area (Å²) in [6, 6.07) is 17.6. The van der Waals surface area contributed by atoms with Gasteiger partial charge in [0.05, 0.1) is 11.8 Å². The van der Waals surface area contributed by atoms with Gasteiger partial charge in [0.2, 0.25) is 0 Å². The zero-order chi connectivity index (χ0) is 19.9. The van der Waals surface area contributed by atoms with E-state index < -0.39 is 5.91 Å². The second kappa shape index (κ2) is 9.14. The topological polar surface area (TPSA) is 70.9 Å². The summed E-state index contributed by atoms with van der Waals surface area (Å²) in [4.78, 5) is 12.1. The van der Waals surface area contributed by atoms with Gasteiger partial charge in [-0.05, 0) is 48.0 Å². The van der Waals surface area contributed by atoms with Crippen LogP contribution >= 0.6 is 15.9 Å². The number of halogens is 2. The van der Waals surface area contributed by atoms with Crippen molar-refractivity contribution in [1.29, 1.82) is 0 Å². The summed E-state index contributed by atoms with van der Waals surface area (Å²) >= 11 is 3.39. The molecule has 0 atom stereocenters.